The molecule has 0 fully saturated rings. The third kappa shape index (κ3) is 4.71. The van der Waals surface area contributed by atoms with E-state index in [0.29, 0.717) is 12.1 Å². The van der Waals surface area contributed by atoms with Crippen molar-refractivity contribution in [1.82, 2.24) is 9.88 Å². The molecular weight excluding hydrogens is 389 g/mol. The predicted molar refractivity (Wildman–Crippen MR) is 112 cm³/mol. The smallest absolute Gasteiger partial charge is 0.416 e. The highest BCUT2D eigenvalue weighted by atomic mass is 19.4. The molecule has 4 rings (SSSR count). The summed E-state index contributed by atoms with van der Waals surface area (Å²) in [6.07, 6.45) is 2.65. The van der Waals surface area contributed by atoms with Crippen LogP contribution in [0.25, 0.3) is 17.0 Å². The zero-order valence-corrected chi connectivity index (χ0v) is 16.2. The fourth-order valence-corrected chi connectivity index (χ4v) is 3.51. The predicted octanol–water partition coefficient (Wildman–Crippen LogP) is 5.80. The van der Waals surface area contributed by atoms with Gasteiger partial charge in [0, 0.05) is 25.0 Å². The summed E-state index contributed by atoms with van der Waals surface area (Å²) < 4.78 is 38.0. The second kappa shape index (κ2) is 8.32. The van der Waals surface area contributed by atoms with Gasteiger partial charge in [0.1, 0.15) is 11.3 Å². The zero-order valence-electron chi connectivity index (χ0n) is 16.2. The molecule has 3 aromatic rings. The third-order valence-corrected chi connectivity index (χ3v) is 5.20. The highest BCUT2D eigenvalue weighted by Crippen LogP contribution is 2.29. The second-order valence-electron chi connectivity index (χ2n) is 7.38. The van der Waals surface area contributed by atoms with Gasteiger partial charge in [-0.15, -0.1) is 0 Å². The van der Waals surface area contributed by atoms with Gasteiger partial charge in [0.2, 0.25) is 0 Å². The molecule has 0 aliphatic carbocycles. The molecule has 0 amide bonds. The van der Waals surface area contributed by atoms with Crippen LogP contribution in [0.4, 0.5) is 13.2 Å². The fourth-order valence-electron chi connectivity index (χ4n) is 3.51. The molecule has 30 heavy (non-hydrogen) atoms. The number of rotatable bonds is 4. The van der Waals surface area contributed by atoms with E-state index in [1.165, 1.54) is 5.57 Å². The number of para-hydroxylation sites is 1. The van der Waals surface area contributed by atoms with Crippen molar-refractivity contribution in [3.63, 3.8) is 0 Å². The molecule has 0 bridgehead atoms. The maximum Gasteiger partial charge on any atom is 0.416 e. The van der Waals surface area contributed by atoms with Crippen molar-refractivity contribution in [2.45, 2.75) is 19.1 Å². The van der Waals surface area contributed by atoms with Crippen LogP contribution in [0.5, 0.6) is 5.75 Å². The fraction of sp³-hybridized carbons (Fsp3) is 0.208. The van der Waals surface area contributed by atoms with E-state index in [9.17, 15) is 18.3 Å². The maximum absolute atomic E-state index is 12.7. The van der Waals surface area contributed by atoms with E-state index in [-0.39, 0.29) is 5.75 Å². The second-order valence-corrected chi connectivity index (χ2v) is 7.38. The van der Waals surface area contributed by atoms with E-state index < -0.39 is 11.7 Å². The van der Waals surface area contributed by atoms with Gasteiger partial charge < -0.3 is 5.11 Å². The van der Waals surface area contributed by atoms with Gasteiger partial charge >= 0.3 is 6.18 Å². The first-order valence-electron chi connectivity index (χ1n) is 9.73. The van der Waals surface area contributed by atoms with E-state index in [1.807, 2.05) is 30.4 Å². The maximum atomic E-state index is 12.7. The lowest BCUT2D eigenvalue weighted by molar-refractivity contribution is -0.137. The molecule has 2 aromatic carbocycles. The Hall–Kier alpha value is -3.12. The Morgan fingerprint density at radius 3 is 2.50 bits per heavy atom. The van der Waals surface area contributed by atoms with Crippen LogP contribution in [-0.2, 0) is 12.7 Å². The highest BCUT2D eigenvalue weighted by molar-refractivity contribution is 5.85. The Balaban J connectivity index is 1.37. The van der Waals surface area contributed by atoms with Gasteiger partial charge in [-0.25, -0.2) is 4.98 Å². The Kier molecular flexibility index (Phi) is 5.59. The number of fused-ring (bicyclic) bond motifs is 1. The molecule has 0 radical (unpaired) electrons. The van der Waals surface area contributed by atoms with Crippen molar-refractivity contribution in [3.05, 3.63) is 89.1 Å². The zero-order chi connectivity index (χ0) is 21.1. The van der Waals surface area contributed by atoms with Crippen LogP contribution >= 0.6 is 0 Å². The summed E-state index contributed by atoms with van der Waals surface area (Å²) in [5, 5.41) is 10.9. The third-order valence-electron chi connectivity index (χ3n) is 5.20. The molecule has 1 aromatic heterocycles. The number of pyridine rings is 1. The molecule has 1 N–H and O–H groups in total. The number of halogens is 3. The van der Waals surface area contributed by atoms with E-state index in [1.54, 1.807) is 24.3 Å². The van der Waals surface area contributed by atoms with E-state index in [0.717, 1.165) is 48.3 Å². The summed E-state index contributed by atoms with van der Waals surface area (Å²) in [5.74, 6) is 0.165. The van der Waals surface area contributed by atoms with Gasteiger partial charge in [0.25, 0.3) is 0 Å². The van der Waals surface area contributed by atoms with Crippen LogP contribution in [-0.4, -0.2) is 28.1 Å². The average molecular weight is 410 g/mol. The standard InChI is InChI=1S/C24H21F3N2O/c25-24(26,27)20-8-4-18(5-9-20)16-29-14-12-17(13-15-29)6-10-21-11-7-19-2-1-3-22(30)23(19)28-21/h1-12,30H,13-16H2. The number of aromatic hydroxyl groups is 1. The molecule has 2 heterocycles. The van der Waals surface area contributed by atoms with E-state index >= 15 is 0 Å². The number of aromatic nitrogens is 1. The van der Waals surface area contributed by atoms with Crippen molar-refractivity contribution in [2.24, 2.45) is 0 Å². The van der Waals surface area contributed by atoms with Crippen LogP contribution in [0.2, 0.25) is 0 Å². The van der Waals surface area contributed by atoms with Gasteiger partial charge in [-0.1, -0.05) is 42.5 Å². The van der Waals surface area contributed by atoms with Crippen LogP contribution in [0.15, 0.2) is 72.3 Å². The molecule has 0 atom stereocenters. The minimum absolute atomic E-state index is 0.165. The van der Waals surface area contributed by atoms with Crippen molar-refractivity contribution in [3.8, 4) is 5.75 Å². The largest absolute Gasteiger partial charge is 0.506 e. The van der Waals surface area contributed by atoms with Crippen LogP contribution < -0.4 is 0 Å². The van der Waals surface area contributed by atoms with Crippen molar-refractivity contribution < 1.29 is 18.3 Å². The number of phenols is 1. The van der Waals surface area contributed by atoms with Crippen molar-refractivity contribution >= 4 is 17.0 Å². The van der Waals surface area contributed by atoms with E-state index in [4.69, 9.17) is 0 Å². The minimum Gasteiger partial charge on any atom is -0.506 e. The molecule has 154 valence electrons. The first-order chi connectivity index (χ1) is 14.4. The molecule has 0 saturated heterocycles. The Morgan fingerprint density at radius 1 is 1.00 bits per heavy atom. The van der Waals surface area contributed by atoms with Crippen LogP contribution in [0.1, 0.15) is 23.2 Å². The number of alkyl halides is 3. The van der Waals surface area contributed by atoms with E-state index in [2.05, 4.69) is 16.0 Å². The molecule has 0 spiro atoms. The molecular formula is C24H21F3N2O. The molecule has 1 aliphatic rings. The first kappa shape index (κ1) is 20.2. The van der Waals surface area contributed by atoms with Crippen molar-refractivity contribution in [1.29, 1.82) is 0 Å². The van der Waals surface area contributed by atoms with Gasteiger partial charge in [-0.05, 0) is 47.9 Å². The Bertz CT molecular complexity index is 1100. The summed E-state index contributed by atoms with van der Waals surface area (Å²) in [7, 11) is 0. The average Bonchev–Trinajstić information content (AvgIpc) is 2.73. The quantitative estimate of drug-likeness (QED) is 0.590. The van der Waals surface area contributed by atoms with Crippen molar-refractivity contribution in [2.75, 3.05) is 13.1 Å². The van der Waals surface area contributed by atoms with Gasteiger partial charge in [-0.3, -0.25) is 4.90 Å². The monoisotopic (exact) mass is 410 g/mol. The SMILES string of the molecule is Oc1cccc2ccc(C=CC3=CCN(Cc4ccc(C(F)(F)F)cc4)CC3)nc12. The molecule has 0 unspecified atom stereocenters. The highest BCUT2D eigenvalue weighted by Gasteiger charge is 2.29. The Labute approximate surface area is 172 Å². The van der Waals surface area contributed by atoms with Gasteiger partial charge in [-0.2, -0.15) is 13.2 Å². The summed E-state index contributed by atoms with van der Waals surface area (Å²) >= 11 is 0. The minimum atomic E-state index is -4.30. The number of nitrogens with zero attached hydrogens (tertiary/aromatic N) is 2. The molecule has 1 aliphatic heterocycles. The number of hydrogen-bond acceptors (Lipinski definition) is 3. The number of hydrogen-bond donors (Lipinski definition) is 1. The topological polar surface area (TPSA) is 36.4 Å². The van der Waals surface area contributed by atoms with Crippen LogP contribution in [0, 0.1) is 0 Å². The normalized spacial score (nSPS) is 15.6. The van der Waals surface area contributed by atoms with Crippen LogP contribution in [0.3, 0.4) is 0 Å². The molecule has 6 heteroatoms. The summed E-state index contributed by atoms with van der Waals surface area (Å²) in [5.41, 5.74) is 2.80. The summed E-state index contributed by atoms with van der Waals surface area (Å²) in [6, 6.07) is 14.5. The summed E-state index contributed by atoms with van der Waals surface area (Å²) in [6.45, 7) is 2.20. The number of benzene rings is 2. The molecule has 3 nitrogen and oxygen atoms in total. The lowest BCUT2D eigenvalue weighted by Crippen LogP contribution is -2.28. The Morgan fingerprint density at radius 2 is 1.80 bits per heavy atom. The van der Waals surface area contributed by atoms with Gasteiger partial charge in [0.05, 0.1) is 11.3 Å². The first-order valence-corrected chi connectivity index (χ1v) is 9.73. The lowest BCUT2D eigenvalue weighted by Gasteiger charge is -2.25. The lowest BCUT2D eigenvalue weighted by atomic mass is 10.1. The van der Waals surface area contributed by atoms with Gasteiger partial charge in [0.15, 0.2) is 0 Å². The number of allylic oxidation sites excluding steroid dienone is 1. The number of phenolic OH excluding ortho intramolecular Hbond substituents is 1. The summed E-state index contributed by atoms with van der Waals surface area (Å²) in [4.78, 5) is 6.70. The molecule has 0 saturated carbocycles.